The zero-order chi connectivity index (χ0) is 13.1. The molecule has 0 aliphatic heterocycles. The third-order valence-electron chi connectivity index (χ3n) is 2.19. The minimum absolute atomic E-state index is 0.175. The fourth-order valence-electron chi connectivity index (χ4n) is 1.19. The molecule has 0 fully saturated rings. The zero-order valence-corrected chi connectivity index (χ0v) is 11.9. The summed E-state index contributed by atoms with van der Waals surface area (Å²) in [4.78, 5) is -0.334. The molecule has 7 heteroatoms. The van der Waals surface area contributed by atoms with Gasteiger partial charge in [-0.05, 0) is 18.2 Å². The van der Waals surface area contributed by atoms with Gasteiger partial charge in [0.25, 0.3) is 0 Å². The van der Waals surface area contributed by atoms with Gasteiger partial charge in [-0.2, -0.15) is 4.31 Å². The number of halogens is 2. The number of sulfonamides is 1. The van der Waals surface area contributed by atoms with Gasteiger partial charge < -0.3 is 4.74 Å². The number of methoxy groups -OCH3 is 1. The van der Waals surface area contributed by atoms with Gasteiger partial charge in [0, 0.05) is 25.2 Å². The molecule has 0 saturated heterocycles. The summed E-state index contributed by atoms with van der Waals surface area (Å²) in [7, 11) is -0.944. The number of ether oxygens (including phenoxy) is 1. The van der Waals surface area contributed by atoms with Crippen LogP contribution in [0.15, 0.2) is 27.6 Å². The Bertz CT molecular complexity index is 492. The molecule has 0 amide bonds. The summed E-state index contributed by atoms with van der Waals surface area (Å²) < 4.78 is 43.9. The van der Waals surface area contributed by atoms with Crippen LogP contribution in [0.3, 0.4) is 0 Å². The molecule has 0 aliphatic rings. The third kappa shape index (κ3) is 3.48. The first-order chi connectivity index (χ1) is 7.89. The topological polar surface area (TPSA) is 46.6 Å². The van der Waals surface area contributed by atoms with Crippen molar-refractivity contribution in [1.29, 1.82) is 0 Å². The summed E-state index contributed by atoms with van der Waals surface area (Å²) in [5, 5.41) is 0. The molecule has 96 valence electrons. The van der Waals surface area contributed by atoms with Crippen molar-refractivity contribution in [2.24, 2.45) is 0 Å². The summed E-state index contributed by atoms with van der Waals surface area (Å²) in [5.74, 6) is -0.774. The van der Waals surface area contributed by atoms with E-state index in [1.165, 1.54) is 26.3 Å². The van der Waals surface area contributed by atoms with Crippen LogP contribution < -0.4 is 0 Å². The lowest BCUT2D eigenvalue weighted by Crippen LogP contribution is -2.30. The monoisotopic (exact) mass is 325 g/mol. The molecule has 0 unspecified atom stereocenters. The predicted octanol–water partition coefficient (Wildman–Crippen LogP) is 1.86. The first-order valence-electron chi connectivity index (χ1n) is 4.80. The number of likely N-dealkylation sites (N-methyl/N-ethyl adjacent to an activating group) is 1. The third-order valence-corrected chi connectivity index (χ3v) is 4.58. The number of hydrogen-bond acceptors (Lipinski definition) is 3. The summed E-state index contributed by atoms with van der Waals surface area (Å²) >= 11 is 3.07. The van der Waals surface area contributed by atoms with Crippen molar-refractivity contribution in [3.05, 3.63) is 28.5 Å². The van der Waals surface area contributed by atoms with E-state index in [0.717, 1.165) is 10.4 Å². The van der Waals surface area contributed by atoms with E-state index in [1.807, 2.05) is 0 Å². The van der Waals surface area contributed by atoms with Crippen molar-refractivity contribution in [3.63, 3.8) is 0 Å². The Labute approximate surface area is 109 Å². The van der Waals surface area contributed by atoms with E-state index < -0.39 is 15.8 Å². The molecule has 1 rings (SSSR count). The first-order valence-corrected chi connectivity index (χ1v) is 7.03. The molecule has 0 spiro atoms. The Kier molecular flexibility index (Phi) is 5.05. The Morgan fingerprint density at radius 3 is 2.65 bits per heavy atom. The molecule has 0 heterocycles. The standard InChI is InChI=1S/C10H13BrFNO3S/c1-13(5-6-16-2)17(14,15)10-4-3-8(11)7-9(10)12/h3-4,7H,5-6H2,1-2H3. The van der Waals surface area contributed by atoms with Crippen molar-refractivity contribution >= 4 is 26.0 Å². The van der Waals surface area contributed by atoms with Gasteiger partial charge in [-0.3, -0.25) is 0 Å². The van der Waals surface area contributed by atoms with E-state index in [2.05, 4.69) is 15.9 Å². The van der Waals surface area contributed by atoms with Crippen LogP contribution in [0.4, 0.5) is 4.39 Å². The lowest BCUT2D eigenvalue weighted by molar-refractivity contribution is 0.185. The van der Waals surface area contributed by atoms with Gasteiger partial charge >= 0.3 is 0 Å². The first kappa shape index (κ1) is 14.6. The molecule has 17 heavy (non-hydrogen) atoms. The summed E-state index contributed by atoms with van der Waals surface area (Å²) in [6.07, 6.45) is 0. The zero-order valence-electron chi connectivity index (χ0n) is 9.48. The quantitative estimate of drug-likeness (QED) is 0.830. The molecule has 4 nitrogen and oxygen atoms in total. The van der Waals surface area contributed by atoms with Gasteiger partial charge in [0.15, 0.2) is 0 Å². The van der Waals surface area contributed by atoms with E-state index in [-0.39, 0.29) is 18.0 Å². The normalized spacial score (nSPS) is 12.1. The number of benzene rings is 1. The maximum Gasteiger partial charge on any atom is 0.245 e. The van der Waals surface area contributed by atoms with E-state index in [9.17, 15) is 12.8 Å². The van der Waals surface area contributed by atoms with Crippen LogP contribution in [-0.2, 0) is 14.8 Å². The molecular weight excluding hydrogens is 313 g/mol. The Morgan fingerprint density at radius 2 is 2.12 bits per heavy atom. The van der Waals surface area contributed by atoms with E-state index in [1.54, 1.807) is 0 Å². The molecule has 0 aromatic heterocycles. The Hall–Kier alpha value is -0.500. The highest BCUT2D eigenvalue weighted by Crippen LogP contribution is 2.21. The SMILES string of the molecule is COCCN(C)S(=O)(=O)c1ccc(Br)cc1F. The number of hydrogen-bond donors (Lipinski definition) is 0. The fraction of sp³-hybridized carbons (Fsp3) is 0.400. The van der Waals surface area contributed by atoms with Gasteiger partial charge in [0.05, 0.1) is 6.61 Å². The second-order valence-corrected chi connectivity index (χ2v) is 6.32. The second-order valence-electron chi connectivity index (χ2n) is 3.39. The van der Waals surface area contributed by atoms with Gasteiger partial charge in [-0.1, -0.05) is 15.9 Å². The van der Waals surface area contributed by atoms with Crippen LogP contribution in [0, 0.1) is 5.82 Å². The van der Waals surface area contributed by atoms with Crippen LogP contribution in [0.25, 0.3) is 0 Å². The van der Waals surface area contributed by atoms with Gasteiger partial charge in [-0.15, -0.1) is 0 Å². The molecule has 0 saturated carbocycles. The van der Waals surface area contributed by atoms with Crippen LogP contribution >= 0.6 is 15.9 Å². The van der Waals surface area contributed by atoms with Crippen LogP contribution in [0.2, 0.25) is 0 Å². The molecule has 1 aromatic carbocycles. The maximum absolute atomic E-state index is 13.6. The lowest BCUT2D eigenvalue weighted by atomic mass is 10.3. The van der Waals surface area contributed by atoms with Crippen molar-refractivity contribution < 1.29 is 17.5 Å². The molecule has 0 aliphatic carbocycles. The van der Waals surface area contributed by atoms with Crippen molar-refractivity contribution in [2.75, 3.05) is 27.3 Å². The summed E-state index contributed by atoms with van der Waals surface area (Å²) in [6, 6.07) is 3.84. The highest BCUT2D eigenvalue weighted by Gasteiger charge is 2.24. The fourth-order valence-corrected chi connectivity index (χ4v) is 2.72. The number of rotatable bonds is 5. The Morgan fingerprint density at radius 1 is 1.47 bits per heavy atom. The van der Waals surface area contributed by atoms with Crippen molar-refractivity contribution in [3.8, 4) is 0 Å². The molecule has 0 N–H and O–H groups in total. The van der Waals surface area contributed by atoms with Crippen LogP contribution in [0.5, 0.6) is 0 Å². The molecule has 0 atom stereocenters. The molecule has 1 aromatic rings. The summed E-state index contributed by atoms with van der Waals surface area (Å²) in [5.41, 5.74) is 0. The van der Waals surface area contributed by atoms with Crippen LogP contribution in [0.1, 0.15) is 0 Å². The summed E-state index contributed by atoms with van der Waals surface area (Å²) in [6.45, 7) is 0.433. The van der Waals surface area contributed by atoms with E-state index >= 15 is 0 Å². The average molecular weight is 326 g/mol. The average Bonchev–Trinajstić information content (AvgIpc) is 2.25. The molecular formula is C10H13BrFNO3S. The van der Waals surface area contributed by atoms with Crippen molar-refractivity contribution in [1.82, 2.24) is 4.31 Å². The lowest BCUT2D eigenvalue weighted by Gasteiger charge is -2.17. The highest BCUT2D eigenvalue weighted by atomic mass is 79.9. The molecule has 0 radical (unpaired) electrons. The predicted molar refractivity (Wildman–Crippen MR) is 65.8 cm³/mol. The second kappa shape index (κ2) is 5.90. The van der Waals surface area contributed by atoms with E-state index in [0.29, 0.717) is 4.47 Å². The van der Waals surface area contributed by atoms with Crippen molar-refractivity contribution in [2.45, 2.75) is 4.90 Å². The van der Waals surface area contributed by atoms with Crippen LogP contribution in [-0.4, -0.2) is 40.0 Å². The number of nitrogens with zero attached hydrogens (tertiary/aromatic N) is 1. The van der Waals surface area contributed by atoms with Gasteiger partial charge in [0.2, 0.25) is 10.0 Å². The smallest absolute Gasteiger partial charge is 0.245 e. The largest absolute Gasteiger partial charge is 0.383 e. The van der Waals surface area contributed by atoms with Gasteiger partial charge in [-0.25, -0.2) is 12.8 Å². The highest BCUT2D eigenvalue weighted by molar-refractivity contribution is 9.10. The maximum atomic E-state index is 13.6. The minimum atomic E-state index is -3.80. The molecule has 0 bridgehead atoms. The Balaban J connectivity index is 3.04. The van der Waals surface area contributed by atoms with Gasteiger partial charge in [0.1, 0.15) is 10.7 Å². The van der Waals surface area contributed by atoms with E-state index in [4.69, 9.17) is 4.74 Å². The minimum Gasteiger partial charge on any atom is -0.383 e.